The lowest BCUT2D eigenvalue weighted by atomic mass is 10.1. The predicted molar refractivity (Wildman–Crippen MR) is 139 cm³/mol. The highest BCUT2D eigenvalue weighted by Crippen LogP contribution is 2.36. The number of benzene rings is 3. The summed E-state index contributed by atoms with van der Waals surface area (Å²) in [5.41, 5.74) is 1.90. The van der Waals surface area contributed by atoms with Gasteiger partial charge in [0, 0.05) is 50.4 Å². The minimum absolute atomic E-state index is 0.293. The van der Waals surface area contributed by atoms with E-state index in [9.17, 15) is 13.2 Å². The topological polar surface area (TPSA) is 88.2 Å². The van der Waals surface area contributed by atoms with Gasteiger partial charge in [-0.1, -0.05) is 41.9 Å². The molecule has 3 aromatic rings. The number of carbonyl (C=O) groups excluding carboxylic acids is 1. The number of rotatable bonds is 8. The smallest absolute Gasteiger partial charge is 0.255 e. The van der Waals surface area contributed by atoms with Gasteiger partial charge >= 0.3 is 0 Å². The Morgan fingerprint density at radius 3 is 2.28 bits per heavy atom. The minimum atomic E-state index is -3.49. The molecule has 3 aromatic carbocycles. The summed E-state index contributed by atoms with van der Waals surface area (Å²) in [6.45, 7) is 2.64. The lowest BCUT2D eigenvalue weighted by Crippen LogP contribution is -2.48. The van der Waals surface area contributed by atoms with Crippen molar-refractivity contribution >= 4 is 33.2 Å². The quantitative estimate of drug-likeness (QED) is 0.472. The third-order valence-electron chi connectivity index (χ3n) is 6.03. The number of carbonyl (C=O) groups is 1. The van der Waals surface area contributed by atoms with E-state index in [4.69, 9.17) is 21.1 Å². The molecule has 1 saturated heterocycles. The number of amides is 1. The van der Waals surface area contributed by atoms with Crippen LogP contribution in [0.3, 0.4) is 0 Å². The summed E-state index contributed by atoms with van der Waals surface area (Å²) in [5.74, 6) is 0.557. The first-order valence-corrected chi connectivity index (χ1v) is 13.2. The van der Waals surface area contributed by atoms with E-state index in [1.807, 2.05) is 18.2 Å². The standard InChI is InChI=1S/C26H28ClN3O5S/c1-34-24-17-23(25(35-2)16-22(24)27)28-26(31)20-8-6-7-19(15-20)18-29-11-13-30(14-12-29)36(32,33)21-9-4-3-5-10-21/h3-10,15-17H,11-14,18H2,1-2H3,(H,28,31). The van der Waals surface area contributed by atoms with Crippen molar-refractivity contribution in [2.24, 2.45) is 0 Å². The molecular formula is C26H28ClN3O5S. The molecule has 0 saturated carbocycles. The first kappa shape index (κ1) is 26.0. The number of hydrogen-bond acceptors (Lipinski definition) is 6. The van der Waals surface area contributed by atoms with Crippen LogP contribution in [0.1, 0.15) is 15.9 Å². The maximum Gasteiger partial charge on any atom is 0.255 e. The van der Waals surface area contributed by atoms with Crippen LogP contribution in [0.15, 0.2) is 71.6 Å². The molecule has 0 bridgehead atoms. The molecule has 0 unspecified atom stereocenters. The molecule has 0 spiro atoms. The predicted octanol–water partition coefficient (Wildman–Crippen LogP) is 4.12. The fourth-order valence-corrected chi connectivity index (χ4v) is 5.77. The average molecular weight is 530 g/mol. The van der Waals surface area contributed by atoms with Gasteiger partial charge in [0.15, 0.2) is 0 Å². The maximum absolute atomic E-state index is 13.0. The largest absolute Gasteiger partial charge is 0.495 e. The third kappa shape index (κ3) is 5.82. The van der Waals surface area contributed by atoms with Gasteiger partial charge in [-0.3, -0.25) is 9.69 Å². The first-order valence-electron chi connectivity index (χ1n) is 11.4. The van der Waals surface area contributed by atoms with Crippen LogP contribution < -0.4 is 14.8 Å². The molecule has 190 valence electrons. The fourth-order valence-electron chi connectivity index (χ4n) is 4.09. The molecule has 10 heteroatoms. The zero-order chi connectivity index (χ0) is 25.7. The molecule has 1 fully saturated rings. The van der Waals surface area contributed by atoms with Crippen LogP contribution in [0.2, 0.25) is 5.02 Å². The van der Waals surface area contributed by atoms with Crippen molar-refractivity contribution in [2.45, 2.75) is 11.4 Å². The molecule has 0 aliphatic carbocycles. The molecular weight excluding hydrogens is 502 g/mol. The lowest BCUT2D eigenvalue weighted by molar-refractivity contribution is 0.102. The highest BCUT2D eigenvalue weighted by Gasteiger charge is 2.28. The average Bonchev–Trinajstić information content (AvgIpc) is 2.90. The Morgan fingerprint density at radius 1 is 0.917 bits per heavy atom. The van der Waals surface area contributed by atoms with Crippen LogP contribution in [0.25, 0.3) is 0 Å². The van der Waals surface area contributed by atoms with E-state index in [1.54, 1.807) is 48.5 Å². The number of halogens is 1. The number of nitrogens with zero attached hydrogens (tertiary/aromatic N) is 2. The minimum Gasteiger partial charge on any atom is -0.495 e. The second-order valence-electron chi connectivity index (χ2n) is 8.33. The van der Waals surface area contributed by atoms with Crippen molar-refractivity contribution in [3.8, 4) is 11.5 Å². The van der Waals surface area contributed by atoms with Crippen molar-refractivity contribution in [1.29, 1.82) is 0 Å². The van der Waals surface area contributed by atoms with E-state index >= 15 is 0 Å². The fraction of sp³-hybridized carbons (Fsp3) is 0.269. The molecule has 1 N–H and O–H groups in total. The Bertz CT molecular complexity index is 1330. The number of anilines is 1. The van der Waals surface area contributed by atoms with Crippen LogP contribution in [-0.4, -0.2) is 63.9 Å². The number of hydrogen-bond donors (Lipinski definition) is 1. The Morgan fingerprint density at radius 2 is 1.61 bits per heavy atom. The third-order valence-corrected chi connectivity index (χ3v) is 8.24. The summed E-state index contributed by atoms with van der Waals surface area (Å²) in [4.78, 5) is 15.5. The molecule has 1 aliphatic heterocycles. The van der Waals surface area contributed by atoms with Crippen LogP contribution in [0, 0.1) is 0 Å². The van der Waals surface area contributed by atoms with E-state index in [0.717, 1.165) is 5.56 Å². The number of piperazine rings is 1. The maximum atomic E-state index is 13.0. The lowest BCUT2D eigenvalue weighted by Gasteiger charge is -2.34. The van der Waals surface area contributed by atoms with Crippen molar-refractivity contribution < 1.29 is 22.7 Å². The van der Waals surface area contributed by atoms with Gasteiger partial charge in [0.25, 0.3) is 5.91 Å². The van der Waals surface area contributed by atoms with Gasteiger partial charge in [-0.05, 0) is 29.8 Å². The van der Waals surface area contributed by atoms with Gasteiger partial charge in [-0.25, -0.2) is 8.42 Å². The molecule has 0 radical (unpaired) electrons. The molecule has 0 atom stereocenters. The summed E-state index contributed by atoms with van der Waals surface area (Å²) >= 11 is 6.15. The van der Waals surface area contributed by atoms with E-state index in [2.05, 4.69) is 10.2 Å². The Labute approximate surface area is 216 Å². The van der Waals surface area contributed by atoms with E-state index in [-0.39, 0.29) is 5.91 Å². The Balaban J connectivity index is 1.40. The first-order chi connectivity index (χ1) is 17.3. The van der Waals surface area contributed by atoms with E-state index < -0.39 is 10.0 Å². The van der Waals surface area contributed by atoms with Crippen LogP contribution in [0.5, 0.6) is 11.5 Å². The van der Waals surface area contributed by atoms with E-state index in [1.165, 1.54) is 18.5 Å². The molecule has 1 heterocycles. The van der Waals surface area contributed by atoms with Crippen molar-refractivity contribution in [3.05, 3.63) is 82.9 Å². The molecule has 1 amide bonds. The summed E-state index contributed by atoms with van der Waals surface area (Å²) in [7, 11) is -0.494. The highest BCUT2D eigenvalue weighted by molar-refractivity contribution is 7.89. The SMILES string of the molecule is COc1cc(NC(=O)c2cccc(CN3CCN(S(=O)(=O)c4ccccc4)CC3)c2)c(OC)cc1Cl. The van der Waals surface area contributed by atoms with Gasteiger partial charge < -0.3 is 14.8 Å². The van der Waals surface area contributed by atoms with Crippen molar-refractivity contribution in [1.82, 2.24) is 9.21 Å². The van der Waals surface area contributed by atoms with Crippen LogP contribution >= 0.6 is 11.6 Å². The number of ether oxygens (including phenoxy) is 2. The molecule has 8 nitrogen and oxygen atoms in total. The molecule has 4 rings (SSSR count). The Kier molecular flexibility index (Phi) is 8.15. The van der Waals surface area contributed by atoms with Crippen molar-refractivity contribution in [3.63, 3.8) is 0 Å². The monoisotopic (exact) mass is 529 g/mol. The Hall–Kier alpha value is -3.11. The second kappa shape index (κ2) is 11.3. The number of sulfonamides is 1. The van der Waals surface area contributed by atoms with Crippen molar-refractivity contribution in [2.75, 3.05) is 45.7 Å². The summed E-state index contributed by atoms with van der Waals surface area (Å²) in [6.07, 6.45) is 0. The zero-order valence-corrected chi connectivity index (χ0v) is 21.7. The van der Waals surface area contributed by atoms with Gasteiger partial charge in [0.1, 0.15) is 11.5 Å². The second-order valence-corrected chi connectivity index (χ2v) is 10.7. The summed E-state index contributed by atoms with van der Waals surface area (Å²) < 4.78 is 37.8. The number of nitrogens with one attached hydrogen (secondary N) is 1. The molecule has 1 aliphatic rings. The summed E-state index contributed by atoms with van der Waals surface area (Å²) in [6, 6.07) is 19.1. The summed E-state index contributed by atoms with van der Waals surface area (Å²) in [5, 5.41) is 3.24. The van der Waals surface area contributed by atoms with Crippen LogP contribution in [-0.2, 0) is 16.6 Å². The molecule has 0 aromatic heterocycles. The van der Waals surface area contributed by atoms with Crippen LogP contribution in [0.4, 0.5) is 5.69 Å². The van der Waals surface area contributed by atoms with Gasteiger partial charge in [-0.2, -0.15) is 4.31 Å². The molecule has 36 heavy (non-hydrogen) atoms. The van der Waals surface area contributed by atoms with Gasteiger partial charge in [-0.15, -0.1) is 0 Å². The van der Waals surface area contributed by atoms with Gasteiger partial charge in [0.2, 0.25) is 10.0 Å². The highest BCUT2D eigenvalue weighted by atomic mass is 35.5. The van der Waals surface area contributed by atoms with Gasteiger partial charge in [0.05, 0.1) is 29.8 Å². The zero-order valence-electron chi connectivity index (χ0n) is 20.1. The normalized spacial score (nSPS) is 14.9. The van der Waals surface area contributed by atoms with E-state index in [0.29, 0.717) is 65.4 Å². The number of methoxy groups -OCH3 is 2.